The quantitative estimate of drug-likeness (QED) is 0.451. The fourth-order valence-electron chi connectivity index (χ4n) is 3.30. The summed E-state index contributed by atoms with van der Waals surface area (Å²) in [6, 6.07) is 27.4. The van der Waals surface area contributed by atoms with Crippen molar-refractivity contribution in [2.45, 2.75) is 6.54 Å². The molecule has 0 saturated heterocycles. The van der Waals surface area contributed by atoms with Crippen molar-refractivity contribution in [2.75, 3.05) is 4.90 Å². The minimum atomic E-state index is -0.0418. The van der Waals surface area contributed by atoms with Crippen molar-refractivity contribution in [2.24, 2.45) is 7.05 Å². The molecule has 0 bridgehead atoms. The van der Waals surface area contributed by atoms with Crippen molar-refractivity contribution >= 4 is 34.1 Å². The summed E-state index contributed by atoms with van der Waals surface area (Å²) in [4.78, 5) is 15.3. The second kappa shape index (κ2) is 7.29. The average molecular weight is 375 g/mol. The number of amides is 1. The average Bonchev–Trinajstić information content (AvgIpc) is 3.03. The molecule has 0 N–H and O–H groups in total. The largest absolute Gasteiger partial charge is 0.340 e. The van der Waals surface area contributed by atoms with E-state index in [1.165, 1.54) is 0 Å². The summed E-state index contributed by atoms with van der Waals surface area (Å²) in [7, 11) is 1.90. The molecule has 4 rings (SSSR count). The maximum atomic E-state index is 13.5. The van der Waals surface area contributed by atoms with Crippen LogP contribution in [0.3, 0.4) is 0 Å². The van der Waals surface area contributed by atoms with Gasteiger partial charge in [0.25, 0.3) is 5.91 Å². The SMILES string of the molecule is Cn1c(C(=O)N(Cc2ccccc2)c2ccccc2)cc2ccc(Cl)cc21. The van der Waals surface area contributed by atoms with E-state index in [9.17, 15) is 4.79 Å². The van der Waals surface area contributed by atoms with Crippen LogP contribution in [0.25, 0.3) is 10.9 Å². The molecule has 1 amide bonds. The number of carbonyl (C=O) groups excluding carboxylic acids is 1. The zero-order chi connectivity index (χ0) is 18.8. The Kier molecular flexibility index (Phi) is 4.69. The molecule has 0 aliphatic rings. The number of hydrogen-bond acceptors (Lipinski definition) is 1. The molecule has 0 saturated carbocycles. The standard InChI is InChI=1S/C23H19ClN2O/c1-25-21-15-19(24)13-12-18(21)14-22(25)23(27)26(20-10-6-3-7-11-20)16-17-8-4-2-5-9-17/h2-15H,16H2,1H3. The maximum absolute atomic E-state index is 13.5. The van der Waals surface area contributed by atoms with Crippen LogP contribution in [0.1, 0.15) is 16.1 Å². The van der Waals surface area contributed by atoms with E-state index in [1.54, 1.807) is 0 Å². The van der Waals surface area contributed by atoms with Gasteiger partial charge in [0.1, 0.15) is 5.69 Å². The molecule has 0 fully saturated rings. The third-order valence-electron chi connectivity index (χ3n) is 4.72. The first-order valence-electron chi connectivity index (χ1n) is 8.79. The van der Waals surface area contributed by atoms with Crippen LogP contribution in [0.15, 0.2) is 84.9 Å². The van der Waals surface area contributed by atoms with Crippen molar-refractivity contribution in [1.82, 2.24) is 4.57 Å². The molecule has 3 nitrogen and oxygen atoms in total. The van der Waals surface area contributed by atoms with E-state index in [0.29, 0.717) is 17.3 Å². The van der Waals surface area contributed by atoms with Gasteiger partial charge in [0.05, 0.1) is 6.54 Å². The van der Waals surface area contributed by atoms with Gasteiger partial charge in [-0.3, -0.25) is 4.79 Å². The Morgan fingerprint density at radius 1 is 0.926 bits per heavy atom. The first-order valence-corrected chi connectivity index (χ1v) is 9.17. The van der Waals surface area contributed by atoms with E-state index < -0.39 is 0 Å². The van der Waals surface area contributed by atoms with Crippen LogP contribution < -0.4 is 4.90 Å². The van der Waals surface area contributed by atoms with Crippen LogP contribution in [0.2, 0.25) is 5.02 Å². The summed E-state index contributed by atoms with van der Waals surface area (Å²) in [5.41, 5.74) is 3.52. The molecular formula is C23H19ClN2O. The van der Waals surface area contributed by atoms with E-state index in [4.69, 9.17) is 11.6 Å². The normalized spacial score (nSPS) is 10.9. The molecule has 1 aromatic heterocycles. The van der Waals surface area contributed by atoms with Crippen LogP contribution in [-0.4, -0.2) is 10.5 Å². The predicted octanol–water partition coefficient (Wildman–Crippen LogP) is 5.68. The lowest BCUT2D eigenvalue weighted by molar-refractivity contribution is 0.0977. The van der Waals surface area contributed by atoms with Gasteiger partial charge in [-0.05, 0) is 35.9 Å². The molecule has 1 heterocycles. The Bertz CT molecular complexity index is 1090. The summed E-state index contributed by atoms with van der Waals surface area (Å²) < 4.78 is 1.91. The van der Waals surface area contributed by atoms with Gasteiger partial charge in [-0.1, -0.05) is 66.2 Å². The fraction of sp³-hybridized carbons (Fsp3) is 0.0870. The van der Waals surface area contributed by atoms with E-state index in [1.807, 2.05) is 101 Å². The monoisotopic (exact) mass is 374 g/mol. The minimum Gasteiger partial charge on any atom is -0.340 e. The van der Waals surface area contributed by atoms with Gasteiger partial charge in [-0.2, -0.15) is 0 Å². The number of carbonyl (C=O) groups is 1. The second-order valence-corrected chi connectivity index (χ2v) is 6.94. The Morgan fingerprint density at radius 3 is 2.30 bits per heavy atom. The summed E-state index contributed by atoms with van der Waals surface area (Å²) in [6.07, 6.45) is 0. The Hall–Kier alpha value is -3.04. The zero-order valence-corrected chi connectivity index (χ0v) is 15.7. The molecule has 0 aliphatic carbocycles. The number of anilines is 1. The van der Waals surface area contributed by atoms with Gasteiger partial charge in [-0.25, -0.2) is 0 Å². The zero-order valence-electron chi connectivity index (χ0n) is 15.0. The third-order valence-corrected chi connectivity index (χ3v) is 4.96. The maximum Gasteiger partial charge on any atom is 0.275 e. The predicted molar refractivity (Wildman–Crippen MR) is 111 cm³/mol. The Balaban J connectivity index is 1.78. The number of aromatic nitrogens is 1. The van der Waals surface area contributed by atoms with E-state index in [2.05, 4.69) is 0 Å². The third kappa shape index (κ3) is 3.46. The minimum absolute atomic E-state index is 0.0418. The summed E-state index contributed by atoms with van der Waals surface area (Å²) in [6.45, 7) is 0.506. The van der Waals surface area contributed by atoms with Crippen LogP contribution >= 0.6 is 11.6 Å². The molecule has 0 spiro atoms. The van der Waals surface area contributed by atoms with Gasteiger partial charge in [-0.15, -0.1) is 0 Å². The number of fused-ring (bicyclic) bond motifs is 1. The number of halogens is 1. The van der Waals surface area contributed by atoms with Crippen LogP contribution in [0.5, 0.6) is 0 Å². The van der Waals surface area contributed by atoms with E-state index in [-0.39, 0.29) is 5.91 Å². The van der Waals surface area contributed by atoms with Crippen molar-refractivity contribution in [3.63, 3.8) is 0 Å². The van der Waals surface area contributed by atoms with Crippen molar-refractivity contribution < 1.29 is 4.79 Å². The summed E-state index contributed by atoms with van der Waals surface area (Å²) in [5.74, 6) is -0.0418. The second-order valence-electron chi connectivity index (χ2n) is 6.50. The van der Waals surface area contributed by atoms with E-state index >= 15 is 0 Å². The number of benzene rings is 3. The highest BCUT2D eigenvalue weighted by Gasteiger charge is 2.22. The molecule has 134 valence electrons. The van der Waals surface area contributed by atoms with Gasteiger partial charge >= 0.3 is 0 Å². The first kappa shape index (κ1) is 17.4. The molecule has 27 heavy (non-hydrogen) atoms. The van der Waals surface area contributed by atoms with Crippen molar-refractivity contribution in [3.8, 4) is 0 Å². The highest BCUT2D eigenvalue weighted by molar-refractivity contribution is 6.31. The molecular weight excluding hydrogens is 356 g/mol. The lowest BCUT2D eigenvalue weighted by Crippen LogP contribution is -2.31. The lowest BCUT2D eigenvalue weighted by Gasteiger charge is -2.23. The molecule has 0 aliphatic heterocycles. The van der Waals surface area contributed by atoms with Gasteiger partial charge in [0, 0.05) is 28.7 Å². The Labute approximate surface area is 163 Å². The van der Waals surface area contributed by atoms with Gasteiger partial charge in [0.2, 0.25) is 0 Å². The topological polar surface area (TPSA) is 25.2 Å². The number of nitrogens with zero attached hydrogens (tertiary/aromatic N) is 2. The van der Waals surface area contributed by atoms with Crippen LogP contribution in [0.4, 0.5) is 5.69 Å². The van der Waals surface area contributed by atoms with Crippen LogP contribution in [-0.2, 0) is 13.6 Å². The fourth-order valence-corrected chi connectivity index (χ4v) is 3.47. The molecule has 0 atom stereocenters. The number of para-hydroxylation sites is 1. The van der Waals surface area contributed by atoms with E-state index in [0.717, 1.165) is 22.2 Å². The number of rotatable bonds is 4. The highest BCUT2D eigenvalue weighted by atomic mass is 35.5. The Morgan fingerprint density at radius 2 is 1.59 bits per heavy atom. The molecule has 0 radical (unpaired) electrons. The van der Waals surface area contributed by atoms with Crippen molar-refractivity contribution in [1.29, 1.82) is 0 Å². The molecule has 0 unspecified atom stereocenters. The molecule has 3 aromatic carbocycles. The van der Waals surface area contributed by atoms with Crippen LogP contribution in [0, 0.1) is 0 Å². The van der Waals surface area contributed by atoms with Crippen molar-refractivity contribution in [3.05, 3.63) is 101 Å². The summed E-state index contributed by atoms with van der Waals surface area (Å²) >= 11 is 6.14. The molecule has 4 heteroatoms. The smallest absolute Gasteiger partial charge is 0.275 e. The lowest BCUT2D eigenvalue weighted by atomic mass is 10.1. The summed E-state index contributed by atoms with van der Waals surface area (Å²) in [5, 5.41) is 1.66. The van der Waals surface area contributed by atoms with Gasteiger partial charge in [0.15, 0.2) is 0 Å². The molecule has 4 aromatic rings. The number of hydrogen-bond donors (Lipinski definition) is 0. The highest BCUT2D eigenvalue weighted by Crippen LogP contribution is 2.26. The number of aryl methyl sites for hydroxylation is 1. The first-order chi connectivity index (χ1) is 13.1. The van der Waals surface area contributed by atoms with Gasteiger partial charge < -0.3 is 9.47 Å².